The molecule has 2 aromatic rings. The van der Waals surface area contributed by atoms with E-state index in [1.54, 1.807) is 0 Å². The average molecular weight is 314 g/mol. The summed E-state index contributed by atoms with van der Waals surface area (Å²) in [5.41, 5.74) is 3.31. The Bertz CT molecular complexity index is 669. The second-order valence-electron chi connectivity index (χ2n) is 5.34. The Kier molecular flexibility index (Phi) is 4.59. The number of carbonyl (C=O) groups excluding carboxylic acids is 2. The van der Waals surface area contributed by atoms with Gasteiger partial charge in [-0.25, -0.2) is 4.79 Å². The first-order valence-electron chi connectivity index (χ1n) is 7.27. The van der Waals surface area contributed by atoms with Crippen LogP contribution in [0.1, 0.15) is 16.7 Å². The Morgan fingerprint density at radius 1 is 1.09 bits per heavy atom. The highest BCUT2D eigenvalue weighted by atomic mass is 32.2. The van der Waals surface area contributed by atoms with Gasteiger partial charge >= 0.3 is 5.30 Å². The van der Waals surface area contributed by atoms with Crippen molar-refractivity contribution < 1.29 is 14.3 Å². The molecular weight excluding hydrogens is 296 g/mol. The third kappa shape index (κ3) is 3.22. The number of ether oxygens (including phenoxy) is 1. The van der Waals surface area contributed by atoms with Crippen molar-refractivity contribution in [1.29, 1.82) is 0 Å². The molecule has 1 unspecified atom stereocenters. The third-order valence-corrected chi connectivity index (χ3v) is 6.27. The van der Waals surface area contributed by atoms with Crippen molar-refractivity contribution in [3.8, 4) is 0 Å². The maximum atomic E-state index is 12.4. The molecule has 0 radical (unpaired) electrons. The van der Waals surface area contributed by atoms with Crippen LogP contribution in [0.4, 0.5) is 4.79 Å². The van der Waals surface area contributed by atoms with Crippen LogP contribution in [0, 0.1) is 0 Å². The molecule has 4 heteroatoms. The van der Waals surface area contributed by atoms with Gasteiger partial charge in [-0.3, -0.25) is 0 Å². The molecule has 1 aliphatic rings. The molecule has 22 heavy (non-hydrogen) atoms. The van der Waals surface area contributed by atoms with E-state index in [1.165, 1.54) is 11.1 Å². The monoisotopic (exact) mass is 314 g/mol. The SMILES string of the molecule is O=C[C@@H]1Cc2ccccc2C[SH]1C(=O)OCc1ccccc1. The van der Waals surface area contributed by atoms with Gasteiger partial charge in [0.05, 0.1) is 5.25 Å². The number of rotatable bonds is 3. The highest BCUT2D eigenvalue weighted by Crippen LogP contribution is 2.43. The van der Waals surface area contributed by atoms with E-state index in [4.69, 9.17) is 4.74 Å². The zero-order valence-corrected chi connectivity index (χ0v) is 13.0. The Labute approximate surface area is 132 Å². The topological polar surface area (TPSA) is 43.4 Å². The van der Waals surface area contributed by atoms with Crippen LogP contribution in [0.3, 0.4) is 0 Å². The minimum Gasteiger partial charge on any atom is -0.454 e. The summed E-state index contributed by atoms with van der Waals surface area (Å²) < 4.78 is 5.45. The zero-order chi connectivity index (χ0) is 15.4. The molecule has 0 spiro atoms. The summed E-state index contributed by atoms with van der Waals surface area (Å²) in [5, 5.41) is -0.446. The van der Waals surface area contributed by atoms with E-state index in [0.29, 0.717) is 12.2 Å². The van der Waals surface area contributed by atoms with E-state index in [9.17, 15) is 9.59 Å². The lowest BCUT2D eigenvalue weighted by Gasteiger charge is -2.31. The van der Waals surface area contributed by atoms with Gasteiger partial charge in [-0.05, 0) is 23.1 Å². The molecule has 114 valence electrons. The number of fused-ring (bicyclic) bond motifs is 1. The number of benzene rings is 2. The Balaban J connectivity index is 1.70. The largest absolute Gasteiger partial charge is 0.454 e. The molecule has 1 aliphatic heterocycles. The first-order chi connectivity index (χ1) is 10.8. The highest BCUT2D eigenvalue weighted by molar-refractivity contribution is 8.29. The van der Waals surface area contributed by atoms with Crippen LogP contribution in [0.15, 0.2) is 54.6 Å². The lowest BCUT2D eigenvalue weighted by molar-refractivity contribution is -0.107. The van der Waals surface area contributed by atoms with Crippen molar-refractivity contribution in [3.05, 3.63) is 71.3 Å². The van der Waals surface area contributed by atoms with Crippen molar-refractivity contribution in [3.63, 3.8) is 0 Å². The molecule has 0 bridgehead atoms. The summed E-state index contributed by atoms with van der Waals surface area (Å²) >= 11 is 0. The van der Waals surface area contributed by atoms with Crippen molar-refractivity contribution >= 4 is 22.5 Å². The van der Waals surface area contributed by atoms with E-state index in [2.05, 4.69) is 0 Å². The van der Waals surface area contributed by atoms with Crippen LogP contribution in [-0.4, -0.2) is 16.8 Å². The fraction of sp³-hybridized carbons (Fsp3) is 0.222. The number of aldehydes is 1. The van der Waals surface area contributed by atoms with Crippen molar-refractivity contribution in [1.82, 2.24) is 0 Å². The summed E-state index contributed by atoms with van der Waals surface area (Å²) in [6.45, 7) is 0.270. The van der Waals surface area contributed by atoms with E-state index in [1.807, 2.05) is 54.6 Å². The molecule has 0 saturated heterocycles. The molecule has 1 heterocycles. The predicted octanol–water partition coefficient (Wildman–Crippen LogP) is 3.65. The van der Waals surface area contributed by atoms with Gasteiger partial charge in [0, 0.05) is 5.75 Å². The Morgan fingerprint density at radius 3 is 2.50 bits per heavy atom. The lowest BCUT2D eigenvalue weighted by atomic mass is 10.0. The first kappa shape index (κ1) is 14.9. The maximum Gasteiger partial charge on any atom is 0.348 e. The fourth-order valence-electron chi connectivity index (χ4n) is 2.67. The number of thiol groups is 1. The fourth-order valence-corrected chi connectivity index (χ4v) is 4.78. The molecule has 0 aliphatic carbocycles. The third-order valence-electron chi connectivity index (χ3n) is 3.89. The van der Waals surface area contributed by atoms with Crippen LogP contribution >= 0.6 is 10.9 Å². The van der Waals surface area contributed by atoms with Crippen LogP contribution in [-0.2, 0) is 28.3 Å². The van der Waals surface area contributed by atoms with Crippen LogP contribution in [0.5, 0.6) is 0 Å². The van der Waals surface area contributed by atoms with Gasteiger partial charge < -0.3 is 9.53 Å². The van der Waals surface area contributed by atoms with Gasteiger partial charge in [-0.15, -0.1) is 10.9 Å². The number of carbonyl (C=O) groups is 2. The zero-order valence-electron chi connectivity index (χ0n) is 12.1. The molecule has 0 fully saturated rings. The highest BCUT2D eigenvalue weighted by Gasteiger charge is 2.31. The smallest absolute Gasteiger partial charge is 0.348 e. The Hall–Kier alpha value is -2.07. The predicted molar refractivity (Wildman–Crippen MR) is 89.3 cm³/mol. The molecule has 3 rings (SSSR count). The summed E-state index contributed by atoms with van der Waals surface area (Å²) in [6, 6.07) is 17.6. The van der Waals surface area contributed by atoms with Gasteiger partial charge in [0.15, 0.2) is 0 Å². The van der Waals surface area contributed by atoms with E-state index in [-0.39, 0.29) is 17.2 Å². The molecule has 0 amide bonds. The second-order valence-corrected chi connectivity index (χ2v) is 7.63. The average Bonchev–Trinajstić information content (AvgIpc) is 2.59. The second kappa shape index (κ2) is 6.79. The maximum absolute atomic E-state index is 12.4. The normalized spacial score (nSPS) is 21.6. The van der Waals surface area contributed by atoms with Crippen LogP contribution in [0.25, 0.3) is 0 Å². The molecule has 0 N–H and O–H groups in total. The van der Waals surface area contributed by atoms with Gasteiger partial charge in [0.1, 0.15) is 12.9 Å². The minimum atomic E-state index is -1.11. The van der Waals surface area contributed by atoms with E-state index >= 15 is 0 Å². The van der Waals surface area contributed by atoms with Crippen molar-refractivity contribution in [2.45, 2.75) is 24.0 Å². The minimum absolute atomic E-state index is 0.217. The van der Waals surface area contributed by atoms with Crippen LogP contribution < -0.4 is 0 Å². The van der Waals surface area contributed by atoms with E-state index in [0.717, 1.165) is 11.8 Å². The summed E-state index contributed by atoms with van der Waals surface area (Å²) in [5.74, 6) is 0.641. The molecule has 3 nitrogen and oxygen atoms in total. The lowest BCUT2D eigenvalue weighted by Crippen LogP contribution is -2.25. The van der Waals surface area contributed by atoms with Crippen LogP contribution in [0.2, 0.25) is 0 Å². The Morgan fingerprint density at radius 2 is 1.77 bits per heavy atom. The molecule has 2 aromatic carbocycles. The quantitative estimate of drug-likeness (QED) is 0.534. The van der Waals surface area contributed by atoms with Crippen molar-refractivity contribution in [2.75, 3.05) is 0 Å². The summed E-state index contributed by atoms with van der Waals surface area (Å²) in [7, 11) is -1.11. The van der Waals surface area contributed by atoms with Gasteiger partial charge in [0.25, 0.3) is 0 Å². The van der Waals surface area contributed by atoms with Gasteiger partial charge in [-0.1, -0.05) is 54.6 Å². The number of hydrogen-bond donors (Lipinski definition) is 1. The molecule has 0 aromatic heterocycles. The summed E-state index contributed by atoms with van der Waals surface area (Å²) in [4.78, 5) is 23.8. The first-order valence-corrected chi connectivity index (χ1v) is 8.87. The van der Waals surface area contributed by atoms with Gasteiger partial charge in [-0.2, -0.15) is 0 Å². The molecular formula is C18H18O3S. The van der Waals surface area contributed by atoms with Gasteiger partial charge in [0.2, 0.25) is 0 Å². The standard InChI is InChI=1S/C18H18O3S/c19-11-17-10-15-8-4-5-9-16(15)13-22(17)18(20)21-12-14-6-2-1-3-7-14/h1-9,11,17,22H,10,12-13H2/t17-/m0/s1. The molecule has 2 atom stereocenters. The van der Waals surface area contributed by atoms with Crippen molar-refractivity contribution in [2.24, 2.45) is 0 Å². The van der Waals surface area contributed by atoms with E-state index < -0.39 is 10.9 Å². The summed E-state index contributed by atoms with van der Waals surface area (Å²) in [6.07, 6.45) is 1.57. The molecule has 0 saturated carbocycles. The number of hydrogen-bond acceptors (Lipinski definition) is 3.